The number of hydrogen-bond acceptors (Lipinski definition) is 5. The van der Waals surface area contributed by atoms with Crippen LogP contribution in [0.4, 0.5) is 0 Å². The fourth-order valence-corrected chi connectivity index (χ4v) is 1.86. The molecule has 0 aliphatic rings. The molecule has 1 aromatic heterocycles. The van der Waals surface area contributed by atoms with Crippen LogP contribution in [0.25, 0.3) is 0 Å². The Morgan fingerprint density at radius 3 is 2.65 bits per heavy atom. The number of nitrogens with one attached hydrogen (secondary N) is 1. The summed E-state index contributed by atoms with van der Waals surface area (Å²) in [6.07, 6.45) is 3.78. The Morgan fingerprint density at radius 2 is 2.18 bits per heavy atom. The standard InChI is InChI=1S/C11H24N6/c1-4-17(5-2)7-6-10(13-12)8-11-9-16(3)15-14-11/h9-10,13H,4-8,12H2,1-3H3. The summed E-state index contributed by atoms with van der Waals surface area (Å²) in [7, 11) is 1.87. The van der Waals surface area contributed by atoms with E-state index in [1.807, 2.05) is 13.2 Å². The summed E-state index contributed by atoms with van der Waals surface area (Å²) in [5.41, 5.74) is 3.84. The molecule has 1 unspecified atom stereocenters. The Morgan fingerprint density at radius 1 is 1.47 bits per heavy atom. The number of rotatable bonds is 8. The van der Waals surface area contributed by atoms with Crippen molar-refractivity contribution < 1.29 is 0 Å². The summed E-state index contributed by atoms with van der Waals surface area (Å²) in [6.45, 7) is 7.58. The van der Waals surface area contributed by atoms with Gasteiger partial charge in [0.05, 0.1) is 5.69 Å². The zero-order chi connectivity index (χ0) is 12.7. The van der Waals surface area contributed by atoms with Gasteiger partial charge in [-0.2, -0.15) is 0 Å². The second-order valence-electron chi connectivity index (χ2n) is 4.27. The van der Waals surface area contributed by atoms with Gasteiger partial charge in [0, 0.05) is 25.7 Å². The minimum absolute atomic E-state index is 0.257. The van der Waals surface area contributed by atoms with E-state index in [0.717, 1.165) is 38.2 Å². The van der Waals surface area contributed by atoms with Crippen molar-refractivity contribution in [2.45, 2.75) is 32.7 Å². The fourth-order valence-electron chi connectivity index (χ4n) is 1.86. The second kappa shape index (κ2) is 7.37. The second-order valence-corrected chi connectivity index (χ2v) is 4.27. The lowest BCUT2D eigenvalue weighted by Crippen LogP contribution is -2.39. The molecule has 0 bridgehead atoms. The van der Waals surface area contributed by atoms with Crippen LogP contribution < -0.4 is 11.3 Å². The summed E-state index contributed by atoms with van der Waals surface area (Å²) in [6, 6.07) is 0.257. The first kappa shape index (κ1) is 14.1. The SMILES string of the molecule is CCN(CC)CCC(Cc1cn(C)nn1)NN. The van der Waals surface area contributed by atoms with E-state index in [-0.39, 0.29) is 6.04 Å². The summed E-state index contributed by atoms with van der Waals surface area (Å²) < 4.78 is 1.72. The number of aryl methyl sites for hydroxylation is 1. The first-order valence-electron chi connectivity index (χ1n) is 6.23. The molecule has 1 rings (SSSR count). The number of hydrazine groups is 1. The Labute approximate surface area is 103 Å². The van der Waals surface area contributed by atoms with Crippen LogP contribution in [-0.4, -0.2) is 45.6 Å². The van der Waals surface area contributed by atoms with Gasteiger partial charge in [-0.05, 0) is 26.1 Å². The molecule has 0 aromatic carbocycles. The number of nitrogens with zero attached hydrogens (tertiary/aromatic N) is 4. The highest BCUT2D eigenvalue weighted by atomic mass is 15.4. The van der Waals surface area contributed by atoms with E-state index in [2.05, 4.69) is 34.5 Å². The lowest BCUT2D eigenvalue weighted by atomic mass is 10.1. The van der Waals surface area contributed by atoms with Gasteiger partial charge in [-0.1, -0.05) is 19.1 Å². The van der Waals surface area contributed by atoms with E-state index in [1.54, 1.807) is 4.68 Å². The van der Waals surface area contributed by atoms with Crippen LogP contribution in [0, 0.1) is 0 Å². The van der Waals surface area contributed by atoms with E-state index in [0.29, 0.717) is 0 Å². The maximum Gasteiger partial charge on any atom is 0.0843 e. The van der Waals surface area contributed by atoms with Gasteiger partial charge in [0.25, 0.3) is 0 Å². The van der Waals surface area contributed by atoms with E-state index < -0.39 is 0 Å². The predicted molar refractivity (Wildman–Crippen MR) is 68.2 cm³/mol. The van der Waals surface area contributed by atoms with Crippen molar-refractivity contribution in [3.05, 3.63) is 11.9 Å². The molecule has 0 saturated heterocycles. The van der Waals surface area contributed by atoms with Gasteiger partial charge >= 0.3 is 0 Å². The lowest BCUT2D eigenvalue weighted by Gasteiger charge is -2.21. The van der Waals surface area contributed by atoms with Crippen molar-refractivity contribution in [3.63, 3.8) is 0 Å². The largest absolute Gasteiger partial charge is 0.304 e. The van der Waals surface area contributed by atoms with Gasteiger partial charge < -0.3 is 4.90 Å². The minimum atomic E-state index is 0.257. The van der Waals surface area contributed by atoms with Crippen LogP contribution in [0.2, 0.25) is 0 Å². The number of hydrogen-bond donors (Lipinski definition) is 2. The van der Waals surface area contributed by atoms with Crippen LogP contribution in [0.15, 0.2) is 6.20 Å². The molecule has 1 aromatic rings. The van der Waals surface area contributed by atoms with Gasteiger partial charge in [0.2, 0.25) is 0 Å². The molecule has 6 nitrogen and oxygen atoms in total. The third kappa shape index (κ3) is 4.80. The molecule has 17 heavy (non-hydrogen) atoms. The van der Waals surface area contributed by atoms with Crippen molar-refractivity contribution in [1.82, 2.24) is 25.3 Å². The molecule has 6 heteroatoms. The Hall–Kier alpha value is -0.980. The Kier molecular flexibility index (Phi) is 6.10. The topological polar surface area (TPSA) is 72.0 Å². The smallest absolute Gasteiger partial charge is 0.0843 e. The van der Waals surface area contributed by atoms with Gasteiger partial charge in [-0.3, -0.25) is 16.0 Å². The number of nitrogens with two attached hydrogens (primary N) is 1. The van der Waals surface area contributed by atoms with Gasteiger partial charge in [0.15, 0.2) is 0 Å². The molecule has 0 fully saturated rings. The Bertz CT molecular complexity index is 307. The quantitative estimate of drug-likeness (QED) is 0.491. The van der Waals surface area contributed by atoms with Crippen molar-refractivity contribution in [3.8, 4) is 0 Å². The first-order chi connectivity index (χ1) is 8.19. The average Bonchev–Trinajstić information content (AvgIpc) is 2.74. The summed E-state index contributed by atoms with van der Waals surface area (Å²) >= 11 is 0. The molecule has 1 atom stereocenters. The molecule has 0 spiro atoms. The molecule has 98 valence electrons. The van der Waals surface area contributed by atoms with Crippen LogP contribution >= 0.6 is 0 Å². The molecule has 0 saturated carbocycles. The van der Waals surface area contributed by atoms with E-state index >= 15 is 0 Å². The molecular formula is C11H24N6. The maximum absolute atomic E-state index is 5.57. The molecule has 0 aliphatic carbocycles. The van der Waals surface area contributed by atoms with Crippen molar-refractivity contribution in [2.75, 3.05) is 19.6 Å². The lowest BCUT2D eigenvalue weighted by molar-refractivity contribution is 0.280. The molecular weight excluding hydrogens is 216 g/mol. The summed E-state index contributed by atoms with van der Waals surface area (Å²) in [4.78, 5) is 2.39. The molecule has 0 amide bonds. The van der Waals surface area contributed by atoms with Crippen molar-refractivity contribution in [1.29, 1.82) is 0 Å². The minimum Gasteiger partial charge on any atom is -0.304 e. The van der Waals surface area contributed by atoms with Crippen LogP contribution in [-0.2, 0) is 13.5 Å². The highest BCUT2D eigenvalue weighted by Gasteiger charge is 2.11. The van der Waals surface area contributed by atoms with Gasteiger partial charge in [-0.15, -0.1) is 5.10 Å². The monoisotopic (exact) mass is 240 g/mol. The van der Waals surface area contributed by atoms with Gasteiger partial charge in [0.1, 0.15) is 0 Å². The van der Waals surface area contributed by atoms with Crippen LogP contribution in [0.5, 0.6) is 0 Å². The average molecular weight is 240 g/mol. The fraction of sp³-hybridized carbons (Fsp3) is 0.818. The summed E-state index contributed by atoms with van der Waals surface area (Å²) in [5, 5.41) is 7.99. The highest BCUT2D eigenvalue weighted by molar-refractivity contribution is 4.95. The predicted octanol–water partition coefficient (Wildman–Crippen LogP) is -0.0786. The highest BCUT2D eigenvalue weighted by Crippen LogP contribution is 2.03. The maximum atomic E-state index is 5.57. The molecule has 0 radical (unpaired) electrons. The molecule has 0 aliphatic heterocycles. The summed E-state index contributed by atoms with van der Waals surface area (Å²) in [5.74, 6) is 5.57. The van der Waals surface area contributed by atoms with Crippen molar-refractivity contribution in [2.24, 2.45) is 12.9 Å². The van der Waals surface area contributed by atoms with E-state index in [9.17, 15) is 0 Å². The van der Waals surface area contributed by atoms with Crippen LogP contribution in [0.3, 0.4) is 0 Å². The molecule has 1 heterocycles. The number of aromatic nitrogens is 3. The van der Waals surface area contributed by atoms with E-state index in [1.165, 1.54) is 0 Å². The normalized spacial score (nSPS) is 13.2. The zero-order valence-electron chi connectivity index (χ0n) is 11.1. The first-order valence-corrected chi connectivity index (χ1v) is 6.23. The third-order valence-electron chi connectivity index (χ3n) is 3.03. The Balaban J connectivity index is 2.38. The third-order valence-corrected chi connectivity index (χ3v) is 3.03. The van der Waals surface area contributed by atoms with Gasteiger partial charge in [-0.25, -0.2) is 0 Å². The zero-order valence-corrected chi connectivity index (χ0v) is 11.1. The van der Waals surface area contributed by atoms with Crippen molar-refractivity contribution >= 4 is 0 Å². The van der Waals surface area contributed by atoms with Crippen LogP contribution in [0.1, 0.15) is 26.0 Å². The van der Waals surface area contributed by atoms with E-state index in [4.69, 9.17) is 5.84 Å². The molecule has 3 N–H and O–H groups in total.